The van der Waals surface area contributed by atoms with Gasteiger partial charge in [0.1, 0.15) is 13.2 Å². The first kappa shape index (κ1) is 20.3. The third-order valence-corrected chi connectivity index (χ3v) is 6.30. The first-order valence-electron chi connectivity index (χ1n) is 9.78. The Kier molecular flexibility index (Phi) is 5.38. The average molecular weight is 450 g/mol. The van der Waals surface area contributed by atoms with E-state index in [1.165, 1.54) is 10.9 Å². The number of aromatic nitrogens is 4. The number of methoxy groups -OCH3 is 1. The molecule has 4 aromatic rings. The van der Waals surface area contributed by atoms with Crippen molar-refractivity contribution in [3.05, 3.63) is 70.9 Å². The summed E-state index contributed by atoms with van der Waals surface area (Å²) in [7, 11) is 1.54. The lowest BCUT2D eigenvalue weighted by Crippen LogP contribution is -2.23. The predicted octanol–water partition coefficient (Wildman–Crippen LogP) is 2.18. The van der Waals surface area contributed by atoms with Gasteiger partial charge >= 0.3 is 0 Å². The highest BCUT2D eigenvalue weighted by atomic mass is 32.2. The van der Waals surface area contributed by atoms with Crippen molar-refractivity contribution in [1.82, 2.24) is 19.7 Å². The second-order valence-electron chi connectivity index (χ2n) is 7.01. The van der Waals surface area contributed by atoms with Gasteiger partial charge in [0.25, 0.3) is 11.4 Å². The fraction of sp³-hybridized carbons (Fsp3) is 0.182. The SMILES string of the molecule is COc1ccc(Cn2ncc3cc([S+]([O-])c4cnc5c(c4)OCCO5)ccc3c2=O)cn1. The molecule has 0 saturated heterocycles. The number of benzene rings is 1. The van der Waals surface area contributed by atoms with Gasteiger partial charge in [-0.15, -0.1) is 0 Å². The number of rotatable bonds is 5. The van der Waals surface area contributed by atoms with Crippen LogP contribution in [-0.4, -0.2) is 44.6 Å². The molecular formula is C22H18N4O5S. The van der Waals surface area contributed by atoms with Crippen LogP contribution in [0.4, 0.5) is 0 Å². The Labute approximate surface area is 185 Å². The van der Waals surface area contributed by atoms with E-state index in [1.54, 1.807) is 49.8 Å². The summed E-state index contributed by atoms with van der Waals surface area (Å²) < 4.78 is 30.4. The van der Waals surface area contributed by atoms with Crippen molar-refractivity contribution in [3.63, 3.8) is 0 Å². The molecule has 0 bridgehead atoms. The first-order valence-corrected chi connectivity index (χ1v) is 10.9. The Morgan fingerprint density at radius 1 is 1.06 bits per heavy atom. The highest BCUT2D eigenvalue weighted by Crippen LogP contribution is 2.32. The molecule has 1 aliphatic heterocycles. The summed E-state index contributed by atoms with van der Waals surface area (Å²) in [6.45, 7) is 1.14. The second-order valence-corrected chi connectivity index (χ2v) is 8.49. The van der Waals surface area contributed by atoms with Gasteiger partial charge in [-0.2, -0.15) is 5.10 Å². The Morgan fingerprint density at radius 3 is 2.75 bits per heavy atom. The van der Waals surface area contributed by atoms with Gasteiger partial charge < -0.3 is 18.8 Å². The van der Waals surface area contributed by atoms with Crippen LogP contribution in [0.15, 0.2) is 69.6 Å². The summed E-state index contributed by atoms with van der Waals surface area (Å²) in [5.74, 6) is 1.37. The number of fused-ring (bicyclic) bond motifs is 2. The highest BCUT2D eigenvalue weighted by Gasteiger charge is 2.22. The molecule has 1 unspecified atom stereocenters. The summed E-state index contributed by atoms with van der Waals surface area (Å²) in [6.07, 6.45) is 4.74. The van der Waals surface area contributed by atoms with E-state index in [4.69, 9.17) is 14.2 Å². The fourth-order valence-corrected chi connectivity index (χ4v) is 4.41. The third kappa shape index (κ3) is 3.85. The largest absolute Gasteiger partial charge is 0.606 e. The van der Waals surface area contributed by atoms with Gasteiger partial charge in [0, 0.05) is 41.0 Å². The molecule has 32 heavy (non-hydrogen) atoms. The zero-order chi connectivity index (χ0) is 22.1. The van der Waals surface area contributed by atoms with Crippen LogP contribution in [0.1, 0.15) is 5.56 Å². The lowest BCUT2D eigenvalue weighted by Gasteiger charge is -2.18. The second kappa shape index (κ2) is 8.48. The van der Waals surface area contributed by atoms with Crippen LogP contribution >= 0.6 is 0 Å². The van der Waals surface area contributed by atoms with Gasteiger partial charge in [-0.25, -0.2) is 14.6 Å². The van der Waals surface area contributed by atoms with E-state index in [0.29, 0.717) is 51.3 Å². The van der Waals surface area contributed by atoms with E-state index in [-0.39, 0.29) is 12.1 Å². The fourth-order valence-electron chi connectivity index (χ4n) is 3.35. The number of nitrogens with zero attached hydrogens (tertiary/aromatic N) is 4. The van der Waals surface area contributed by atoms with Gasteiger partial charge in [0.15, 0.2) is 15.5 Å². The summed E-state index contributed by atoms with van der Waals surface area (Å²) >= 11 is -1.50. The van der Waals surface area contributed by atoms with Crippen molar-refractivity contribution >= 4 is 21.9 Å². The van der Waals surface area contributed by atoms with E-state index in [1.807, 2.05) is 6.07 Å². The highest BCUT2D eigenvalue weighted by molar-refractivity contribution is 7.91. The summed E-state index contributed by atoms with van der Waals surface area (Å²) in [5.41, 5.74) is 0.584. The van der Waals surface area contributed by atoms with Crippen LogP contribution in [0, 0.1) is 0 Å². The van der Waals surface area contributed by atoms with E-state index in [0.717, 1.165) is 5.56 Å². The molecule has 0 amide bonds. The lowest BCUT2D eigenvalue weighted by atomic mass is 10.2. The van der Waals surface area contributed by atoms with Gasteiger partial charge in [0.2, 0.25) is 5.88 Å². The van der Waals surface area contributed by atoms with Crippen molar-refractivity contribution < 1.29 is 18.8 Å². The molecule has 3 aromatic heterocycles. The predicted molar refractivity (Wildman–Crippen MR) is 116 cm³/mol. The maximum atomic E-state index is 13.1. The van der Waals surface area contributed by atoms with Gasteiger partial charge in [-0.05, 0) is 17.7 Å². The van der Waals surface area contributed by atoms with Gasteiger partial charge in [-0.3, -0.25) is 4.79 Å². The zero-order valence-electron chi connectivity index (χ0n) is 17.1. The zero-order valence-corrected chi connectivity index (χ0v) is 17.9. The van der Waals surface area contributed by atoms with E-state index in [2.05, 4.69) is 15.1 Å². The summed E-state index contributed by atoms with van der Waals surface area (Å²) in [4.78, 5) is 22.3. The number of ether oxygens (including phenoxy) is 3. The minimum absolute atomic E-state index is 0.239. The molecule has 10 heteroatoms. The van der Waals surface area contributed by atoms with Crippen LogP contribution in [-0.2, 0) is 17.7 Å². The monoisotopic (exact) mass is 450 g/mol. The van der Waals surface area contributed by atoms with E-state index >= 15 is 0 Å². The van der Waals surface area contributed by atoms with Crippen molar-refractivity contribution in [1.29, 1.82) is 0 Å². The molecule has 1 atom stereocenters. The van der Waals surface area contributed by atoms with E-state index < -0.39 is 11.2 Å². The maximum Gasteiger partial charge on any atom is 0.274 e. The van der Waals surface area contributed by atoms with Crippen LogP contribution < -0.4 is 19.8 Å². The molecule has 0 fully saturated rings. The quantitative estimate of drug-likeness (QED) is 0.426. The van der Waals surface area contributed by atoms with Crippen LogP contribution in [0.25, 0.3) is 10.8 Å². The van der Waals surface area contributed by atoms with Crippen molar-refractivity contribution in [2.24, 2.45) is 0 Å². The minimum Gasteiger partial charge on any atom is -0.606 e. The normalized spacial score (nSPS) is 13.7. The topological polar surface area (TPSA) is 111 Å². The molecule has 9 nitrogen and oxygen atoms in total. The summed E-state index contributed by atoms with van der Waals surface area (Å²) in [5, 5.41) is 5.37. The molecule has 0 saturated carbocycles. The van der Waals surface area contributed by atoms with Crippen molar-refractivity contribution in [2.45, 2.75) is 16.3 Å². The van der Waals surface area contributed by atoms with Gasteiger partial charge in [0.05, 0.1) is 31.4 Å². The Morgan fingerprint density at radius 2 is 1.94 bits per heavy atom. The molecule has 0 aliphatic carbocycles. The molecule has 0 radical (unpaired) electrons. The Hall–Kier alpha value is -3.63. The lowest BCUT2D eigenvalue weighted by molar-refractivity contribution is 0.163. The first-order chi connectivity index (χ1) is 15.6. The third-order valence-electron chi connectivity index (χ3n) is 4.96. The number of hydrogen-bond acceptors (Lipinski definition) is 8. The van der Waals surface area contributed by atoms with Gasteiger partial charge in [-0.1, -0.05) is 6.07 Å². The average Bonchev–Trinajstić information content (AvgIpc) is 2.85. The standard InChI is InChI=1S/C22H18N4O5S/c1-29-20-5-2-14(10-23-20)13-26-22(27)18-4-3-16(8-15(18)11-25-26)32(28)17-9-19-21(24-12-17)31-7-6-30-19/h2-5,8-12H,6-7,13H2,1H3. The smallest absolute Gasteiger partial charge is 0.274 e. The molecule has 4 heterocycles. The van der Waals surface area contributed by atoms with Crippen LogP contribution in [0.3, 0.4) is 0 Å². The number of pyridine rings is 2. The number of hydrogen-bond donors (Lipinski definition) is 0. The Bertz CT molecular complexity index is 1340. The minimum atomic E-state index is -1.50. The molecule has 5 rings (SSSR count). The Balaban J connectivity index is 1.43. The maximum absolute atomic E-state index is 13.1. The summed E-state index contributed by atoms with van der Waals surface area (Å²) in [6, 6.07) is 10.3. The van der Waals surface area contributed by atoms with Crippen LogP contribution in [0.2, 0.25) is 0 Å². The molecule has 1 aromatic carbocycles. The van der Waals surface area contributed by atoms with E-state index in [9.17, 15) is 9.35 Å². The van der Waals surface area contributed by atoms with Crippen molar-refractivity contribution in [3.8, 4) is 17.5 Å². The molecule has 162 valence electrons. The molecule has 0 spiro atoms. The van der Waals surface area contributed by atoms with Crippen molar-refractivity contribution in [2.75, 3.05) is 20.3 Å². The van der Waals surface area contributed by atoms with Crippen LogP contribution in [0.5, 0.6) is 17.5 Å². The molecule has 0 N–H and O–H groups in total. The molecular weight excluding hydrogens is 432 g/mol. The molecule has 1 aliphatic rings.